The Morgan fingerprint density at radius 1 is 0.726 bits per heavy atom. The van der Waals surface area contributed by atoms with Crippen molar-refractivity contribution in [3.8, 4) is 0 Å². The van der Waals surface area contributed by atoms with E-state index in [1.165, 1.54) is 12.6 Å². The summed E-state index contributed by atoms with van der Waals surface area (Å²) in [6.07, 6.45) is 9.83. The third-order valence-electron chi connectivity index (χ3n) is 16.5. The molecule has 23 nitrogen and oxygen atoms in total. The number of piperazine rings is 2. The number of H-pyrrole nitrogens is 1. The number of aromatic nitrogens is 6. The summed E-state index contributed by atoms with van der Waals surface area (Å²) >= 11 is 4.24. The monoisotopic (exact) mass is 1390 g/mol. The Labute approximate surface area is 519 Å². The predicted molar refractivity (Wildman–Crippen MR) is 340 cm³/mol. The topological polar surface area (TPSA) is 255 Å². The molecule has 0 aliphatic carbocycles. The molecule has 4 atom stereocenters. The number of hydrogen-bond donors (Lipinski definition) is 4. The van der Waals surface area contributed by atoms with Crippen LogP contribution in [-0.4, -0.2) is 181 Å². The molecule has 4 saturated heterocycles. The van der Waals surface area contributed by atoms with Gasteiger partial charge >= 0.3 is 18.2 Å². The molecule has 0 aromatic carbocycles. The second kappa shape index (κ2) is 31.9. The van der Waals surface area contributed by atoms with Crippen LogP contribution < -0.4 is 16.0 Å². The lowest BCUT2D eigenvalue weighted by Crippen LogP contribution is -2.61. The highest BCUT2D eigenvalue weighted by Crippen LogP contribution is 2.44. The van der Waals surface area contributed by atoms with Crippen LogP contribution >= 0.6 is 37.2 Å². The molecule has 4 N–H and O–H groups in total. The minimum atomic E-state index is -0.867. The summed E-state index contributed by atoms with van der Waals surface area (Å²) in [7, 11) is 0. The minimum Gasteiger partial charge on any atom is -0.448 e. The zero-order valence-electron chi connectivity index (χ0n) is 48.8. The van der Waals surface area contributed by atoms with Gasteiger partial charge in [0.1, 0.15) is 17.7 Å². The maximum atomic E-state index is 13.9. The molecule has 4 fully saturated rings. The lowest BCUT2D eigenvalue weighted by atomic mass is 9.95. The summed E-state index contributed by atoms with van der Waals surface area (Å²) in [5.74, 6) is 1.24. The highest BCUT2D eigenvalue weighted by atomic mass is 128. The number of amides is 6. The number of carbonyl (C=O) groups is 6. The van der Waals surface area contributed by atoms with Crippen molar-refractivity contribution in [2.45, 2.75) is 164 Å². The van der Waals surface area contributed by atoms with E-state index in [1.54, 1.807) is 54.4 Å². The van der Waals surface area contributed by atoms with E-state index in [1.807, 2.05) is 56.2 Å². The Kier molecular flexibility index (Phi) is 26.3. The van der Waals surface area contributed by atoms with Gasteiger partial charge in [0.25, 0.3) is 11.8 Å². The van der Waals surface area contributed by atoms with E-state index in [0.717, 1.165) is 99.8 Å². The molecule has 6 aliphatic heterocycles. The van der Waals surface area contributed by atoms with E-state index in [0.29, 0.717) is 60.9 Å². The van der Waals surface area contributed by atoms with Gasteiger partial charge in [-0.2, -0.15) is 9.78 Å². The van der Waals surface area contributed by atoms with Crippen LogP contribution in [0.2, 0.25) is 0 Å². The van der Waals surface area contributed by atoms with E-state index >= 15 is 0 Å². The van der Waals surface area contributed by atoms with Crippen LogP contribution in [0, 0.1) is 11.8 Å². The molecule has 10 rings (SSSR count). The third kappa shape index (κ3) is 16.4. The lowest BCUT2D eigenvalue weighted by Gasteiger charge is -2.47. The van der Waals surface area contributed by atoms with Gasteiger partial charge in [0.15, 0.2) is 11.6 Å². The normalized spacial score (nSPS) is 21.7. The summed E-state index contributed by atoms with van der Waals surface area (Å²) in [4.78, 5) is 94.0. The number of urea groups is 2. The quantitative estimate of drug-likeness (QED) is 0.0851. The van der Waals surface area contributed by atoms with Crippen molar-refractivity contribution in [1.29, 1.82) is 0 Å². The van der Waals surface area contributed by atoms with Crippen molar-refractivity contribution in [2.24, 2.45) is 11.8 Å². The van der Waals surface area contributed by atoms with Crippen LogP contribution in [0.4, 0.5) is 26.0 Å². The average molecular weight is 1390 g/mol. The van der Waals surface area contributed by atoms with E-state index in [-0.39, 0.29) is 75.6 Å². The maximum Gasteiger partial charge on any atom is 0.435 e. The fourth-order valence-electron chi connectivity index (χ4n) is 11.6. The van der Waals surface area contributed by atoms with Gasteiger partial charge in [0, 0.05) is 144 Å². The predicted octanol–water partition coefficient (Wildman–Crippen LogP) is 9.87. The highest BCUT2D eigenvalue weighted by molar-refractivity contribution is 15.0. The smallest absolute Gasteiger partial charge is 0.435 e. The van der Waals surface area contributed by atoms with Crippen LogP contribution in [0.25, 0.3) is 0 Å². The summed E-state index contributed by atoms with van der Waals surface area (Å²) in [6.45, 7) is 26.1. The largest absolute Gasteiger partial charge is 0.448 e. The Bertz CT molecular complexity index is 2790. The highest BCUT2D eigenvalue weighted by Gasteiger charge is 2.50. The van der Waals surface area contributed by atoms with Gasteiger partial charge in [0.2, 0.25) is 0 Å². The zero-order chi connectivity index (χ0) is 59.3. The number of ether oxygens (including phenoxy) is 3. The van der Waals surface area contributed by atoms with E-state index in [2.05, 4.69) is 97.2 Å². The van der Waals surface area contributed by atoms with E-state index < -0.39 is 23.1 Å². The third-order valence-corrected chi connectivity index (χ3v) is 16.5. The van der Waals surface area contributed by atoms with Gasteiger partial charge in [-0.3, -0.25) is 29.6 Å². The minimum absolute atomic E-state index is 0. The Balaban J connectivity index is 0.000000256. The van der Waals surface area contributed by atoms with Crippen molar-refractivity contribution in [1.82, 2.24) is 59.8 Å². The van der Waals surface area contributed by atoms with Gasteiger partial charge in [0.05, 0.1) is 42.2 Å². The number of nitrogens with zero attached hydrogens (tertiary/aromatic N) is 10. The standard InChI is InChI=1S/C27H39N7O3.C23H31N7O4.C7H12O2.2CH4.I2/c1-18-16-33(19(2)15-32(18)12-8-20-9-13-37-14-10-20)26(36)34-17-21-23(27(34,3)4)30-31-24(21)29-25(35)22-7-5-6-11-28-22;1-6-34-22(33)30-18-16(19(27-30)26-20(31)17-9-7-8-10-24-17)13-29(23(18,4)5)21(32)28-12-14(2)25-11-15(28)3;8-4-1-7-2-5-9-6-3-7;;;1-2/h5-7,11,18-20H,8-10,12-17H2,1-4H3,(H2,29,30,31,35);7-10,14-15,25H,6,11-13H2,1-5H3,(H,26,27,31);4,7H,1-3,5-6H2;2*1H4;/t18-,19+;14-,15+;;;;/m11..../s1. The number of anilines is 2. The molecule has 4 aromatic heterocycles. The van der Waals surface area contributed by atoms with Crippen LogP contribution in [-0.2, 0) is 43.2 Å². The van der Waals surface area contributed by atoms with Crippen LogP contribution in [0.3, 0.4) is 0 Å². The summed E-state index contributed by atoms with van der Waals surface area (Å²) in [5, 5.41) is 20.8. The maximum absolute atomic E-state index is 13.9. The Morgan fingerprint density at radius 3 is 1.83 bits per heavy atom. The van der Waals surface area contributed by atoms with E-state index in [4.69, 9.17) is 14.2 Å². The number of carbonyl (C=O) groups excluding carboxylic acids is 6. The SMILES string of the molecule is C.C.CCOC(=O)n1nc(NC(=O)c2ccccn2)c2c1C(C)(C)N(C(=O)N1C[C@@H](C)NC[C@@H]1C)C2.C[C@@H]1CN(C(=O)N2Cc3c(NC(=O)c4ccccn4)n[nH]c3C2(C)C)[C@@H](C)CN1CCC1CCOCC1.II.O=CCC1CCOCC1. The molecule has 10 heterocycles. The molecule has 0 unspecified atom stereocenters. The van der Waals surface area contributed by atoms with Gasteiger partial charge in [-0.05, 0) is 137 Å². The number of aldehydes is 1. The van der Waals surface area contributed by atoms with Crippen LogP contribution in [0.5, 0.6) is 0 Å². The fraction of sp³-hybridized carbons (Fsp3) is 0.627. The van der Waals surface area contributed by atoms with Crippen LogP contribution in [0.15, 0.2) is 48.8 Å². The molecule has 464 valence electrons. The molecular weight excluding hydrogens is 1300 g/mol. The van der Waals surface area contributed by atoms with Gasteiger partial charge in [-0.25, -0.2) is 14.4 Å². The first-order chi connectivity index (χ1) is 39.3. The molecule has 6 amide bonds. The zero-order valence-corrected chi connectivity index (χ0v) is 53.1. The van der Waals surface area contributed by atoms with Crippen LogP contribution in [0.1, 0.15) is 159 Å². The summed E-state index contributed by atoms with van der Waals surface area (Å²) < 4.78 is 17.0. The number of halogens is 2. The molecule has 0 radical (unpaired) electrons. The Hall–Kier alpha value is -5.36. The molecule has 0 saturated carbocycles. The lowest BCUT2D eigenvalue weighted by molar-refractivity contribution is -0.109. The first-order valence-corrected chi connectivity index (χ1v) is 34.8. The number of pyridine rings is 2. The second-order valence-electron chi connectivity index (χ2n) is 22.9. The molecule has 0 spiro atoms. The summed E-state index contributed by atoms with van der Waals surface area (Å²) in [6, 6.07) is 10.7. The fourth-order valence-corrected chi connectivity index (χ4v) is 11.6. The van der Waals surface area contributed by atoms with Crippen molar-refractivity contribution < 1.29 is 43.0 Å². The summed E-state index contributed by atoms with van der Waals surface area (Å²) in [5.41, 5.74) is 1.92. The first-order valence-electron chi connectivity index (χ1n) is 28.5. The van der Waals surface area contributed by atoms with Crippen molar-refractivity contribution in [2.75, 3.05) is 76.4 Å². The average Bonchev–Trinajstić information content (AvgIpc) is 1.90. The molecule has 4 aromatic rings. The number of hydrogen-bond acceptors (Lipinski definition) is 15. The van der Waals surface area contributed by atoms with Crippen molar-refractivity contribution >= 4 is 85.1 Å². The second-order valence-corrected chi connectivity index (χ2v) is 22.9. The molecular formula is C59H90I2N14O9. The van der Waals surface area contributed by atoms with Gasteiger partial charge in [-0.15, -0.1) is 5.10 Å². The molecule has 6 aliphatic rings. The van der Waals surface area contributed by atoms with E-state index in [9.17, 15) is 28.8 Å². The number of nitrogens with one attached hydrogen (secondary N) is 4. The molecule has 84 heavy (non-hydrogen) atoms. The van der Waals surface area contributed by atoms with Gasteiger partial charge < -0.3 is 54.6 Å². The number of aromatic amines is 1. The van der Waals surface area contributed by atoms with Crippen molar-refractivity contribution in [3.63, 3.8) is 0 Å². The van der Waals surface area contributed by atoms with Gasteiger partial charge in [-0.1, -0.05) is 27.0 Å². The molecule has 25 heteroatoms. The number of fused-ring (bicyclic) bond motifs is 2. The van der Waals surface area contributed by atoms with Crippen molar-refractivity contribution in [3.05, 3.63) is 82.7 Å². The molecule has 0 bridgehead atoms. The number of rotatable bonds is 10. The Morgan fingerprint density at radius 2 is 1.27 bits per heavy atom. The first kappa shape index (κ1) is 69.4.